The van der Waals surface area contributed by atoms with Gasteiger partial charge in [-0.1, -0.05) is 13.8 Å². The molecule has 22 heavy (non-hydrogen) atoms. The Morgan fingerprint density at radius 2 is 1.32 bits per heavy atom. The average Bonchev–Trinajstić information content (AvgIpc) is 2.36. The van der Waals surface area contributed by atoms with Gasteiger partial charge < -0.3 is 16.0 Å². The summed E-state index contributed by atoms with van der Waals surface area (Å²) in [7, 11) is 0. The van der Waals surface area contributed by atoms with Gasteiger partial charge in [0.05, 0.1) is 0 Å². The fraction of sp³-hybridized carbons (Fsp3) is 0.438. The highest BCUT2D eigenvalue weighted by molar-refractivity contribution is 6.00. The Morgan fingerprint density at radius 1 is 0.864 bits per heavy atom. The van der Waals surface area contributed by atoms with Crippen LogP contribution in [0.15, 0.2) is 18.2 Å². The molecular weight excluding hydrogens is 282 g/mol. The van der Waals surface area contributed by atoms with Gasteiger partial charge in [0, 0.05) is 36.8 Å². The van der Waals surface area contributed by atoms with Crippen molar-refractivity contribution in [3.05, 3.63) is 23.8 Å². The Kier molecular flexibility index (Phi) is 6.10. The van der Waals surface area contributed by atoms with Gasteiger partial charge in [0.15, 0.2) is 0 Å². The van der Waals surface area contributed by atoms with Gasteiger partial charge in [-0.25, -0.2) is 0 Å². The number of nitrogens with one attached hydrogen (secondary N) is 3. The standard InChI is InChI=1S/C16H23N3O3/c1-9(2)10(3)17-16(22)13-6-14(18-11(4)20)8-15(7-13)19-12(5)21/h6-10H,1-5H3,(H,17,22)(H,18,20)(H,19,21)/t10-/m1/s1. The first-order valence-corrected chi connectivity index (χ1v) is 7.20. The smallest absolute Gasteiger partial charge is 0.251 e. The molecule has 6 nitrogen and oxygen atoms in total. The first-order chi connectivity index (χ1) is 10.2. The molecule has 1 aromatic rings. The van der Waals surface area contributed by atoms with Crippen LogP contribution in [0.3, 0.4) is 0 Å². The summed E-state index contributed by atoms with van der Waals surface area (Å²) in [6.07, 6.45) is 0. The molecule has 0 saturated carbocycles. The van der Waals surface area contributed by atoms with Crippen LogP contribution in [0.5, 0.6) is 0 Å². The number of anilines is 2. The molecule has 0 unspecified atom stereocenters. The van der Waals surface area contributed by atoms with Crippen molar-refractivity contribution in [2.75, 3.05) is 10.6 Å². The van der Waals surface area contributed by atoms with Crippen molar-refractivity contribution in [1.82, 2.24) is 5.32 Å². The van der Waals surface area contributed by atoms with E-state index in [0.717, 1.165) is 0 Å². The third-order valence-electron chi connectivity index (χ3n) is 3.19. The Hall–Kier alpha value is -2.37. The van der Waals surface area contributed by atoms with Gasteiger partial charge in [-0.15, -0.1) is 0 Å². The van der Waals surface area contributed by atoms with E-state index in [2.05, 4.69) is 16.0 Å². The van der Waals surface area contributed by atoms with E-state index in [1.165, 1.54) is 13.8 Å². The second-order valence-corrected chi connectivity index (χ2v) is 5.67. The van der Waals surface area contributed by atoms with Crippen LogP contribution in [0.2, 0.25) is 0 Å². The van der Waals surface area contributed by atoms with Crippen LogP contribution in [0.1, 0.15) is 45.0 Å². The number of carbonyl (C=O) groups excluding carboxylic acids is 3. The monoisotopic (exact) mass is 305 g/mol. The molecule has 0 aliphatic heterocycles. The number of hydrogen-bond acceptors (Lipinski definition) is 3. The van der Waals surface area contributed by atoms with E-state index in [9.17, 15) is 14.4 Å². The topological polar surface area (TPSA) is 87.3 Å². The summed E-state index contributed by atoms with van der Waals surface area (Å²) < 4.78 is 0. The zero-order valence-electron chi connectivity index (χ0n) is 13.6. The van der Waals surface area contributed by atoms with Crippen LogP contribution >= 0.6 is 0 Å². The minimum absolute atomic E-state index is 0.0149. The van der Waals surface area contributed by atoms with Gasteiger partial charge in [-0.3, -0.25) is 14.4 Å². The minimum Gasteiger partial charge on any atom is -0.349 e. The first kappa shape index (κ1) is 17.7. The highest BCUT2D eigenvalue weighted by Gasteiger charge is 2.14. The Morgan fingerprint density at radius 3 is 1.68 bits per heavy atom. The van der Waals surface area contributed by atoms with Crippen molar-refractivity contribution in [3.63, 3.8) is 0 Å². The molecule has 0 fully saturated rings. The lowest BCUT2D eigenvalue weighted by Gasteiger charge is -2.18. The quantitative estimate of drug-likeness (QED) is 0.780. The third kappa shape index (κ3) is 5.55. The average molecular weight is 305 g/mol. The largest absolute Gasteiger partial charge is 0.349 e. The summed E-state index contributed by atoms with van der Waals surface area (Å²) in [6, 6.07) is 4.77. The summed E-state index contributed by atoms with van der Waals surface area (Å²) in [5.41, 5.74) is 1.30. The predicted molar refractivity (Wildman–Crippen MR) is 86.8 cm³/mol. The van der Waals surface area contributed by atoms with Gasteiger partial charge >= 0.3 is 0 Å². The molecule has 0 heterocycles. The van der Waals surface area contributed by atoms with E-state index in [1.807, 2.05) is 20.8 Å². The van der Waals surface area contributed by atoms with Crippen LogP contribution in [0.25, 0.3) is 0 Å². The van der Waals surface area contributed by atoms with Gasteiger partial charge in [0.2, 0.25) is 11.8 Å². The third-order valence-corrected chi connectivity index (χ3v) is 3.19. The fourth-order valence-corrected chi connectivity index (χ4v) is 1.77. The van der Waals surface area contributed by atoms with Crippen LogP contribution in [-0.2, 0) is 9.59 Å². The van der Waals surface area contributed by atoms with E-state index in [4.69, 9.17) is 0 Å². The molecule has 0 aromatic heterocycles. The van der Waals surface area contributed by atoms with Crippen molar-refractivity contribution >= 4 is 29.1 Å². The van der Waals surface area contributed by atoms with Crippen molar-refractivity contribution < 1.29 is 14.4 Å². The molecular formula is C16H23N3O3. The number of hydrogen-bond donors (Lipinski definition) is 3. The molecule has 0 radical (unpaired) electrons. The zero-order valence-corrected chi connectivity index (χ0v) is 13.6. The molecule has 0 aliphatic rings. The molecule has 1 aromatic carbocycles. The van der Waals surface area contributed by atoms with Crippen molar-refractivity contribution in [1.29, 1.82) is 0 Å². The van der Waals surface area contributed by atoms with E-state index in [1.54, 1.807) is 18.2 Å². The van der Waals surface area contributed by atoms with Crippen LogP contribution in [-0.4, -0.2) is 23.8 Å². The maximum atomic E-state index is 12.3. The molecule has 6 heteroatoms. The molecule has 0 spiro atoms. The number of rotatable bonds is 5. The lowest BCUT2D eigenvalue weighted by molar-refractivity contribution is -0.115. The van der Waals surface area contributed by atoms with Crippen LogP contribution in [0, 0.1) is 5.92 Å². The summed E-state index contributed by atoms with van der Waals surface area (Å²) in [4.78, 5) is 34.7. The highest BCUT2D eigenvalue weighted by Crippen LogP contribution is 2.20. The summed E-state index contributed by atoms with van der Waals surface area (Å²) in [6.45, 7) is 8.72. The maximum absolute atomic E-state index is 12.3. The van der Waals surface area contributed by atoms with E-state index in [0.29, 0.717) is 22.9 Å². The second-order valence-electron chi connectivity index (χ2n) is 5.67. The lowest BCUT2D eigenvalue weighted by Crippen LogP contribution is -2.36. The number of benzene rings is 1. The first-order valence-electron chi connectivity index (χ1n) is 7.20. The van der Waals surface area contributed by atoms with Gasteiger partial charge in [-0.05, 0) is 31.0 Å². The van der Waals surface area contributed by atoms with Crippen molar-refractivity contribution in [2.45, 2.75) is 40.7 Å². The van der Waals surface area contributed by atoms with Crippen molar-refractivity contribution in [3.8, 4) is 0 Å². The number of carbonyl (C=O) groups is 3. The van der Waals surface area contributed by atoms with Gasteiger partial charge in [-0.2, -0.15) is 0 Å². The number of amides is 3. The minimum atomic E-state index is -0.250. The normalized spacial score (nSPS) is 11.7. The Balaban J connectivity index is 3.07. The fourth-order valence-electron chi connectivity index (χ4n) is 1.77. The van der Waals surface area contributed by atoms with Gasteiger partial charge in [0.1, 0.15) is 0 Å². The van der Waals surface area contributed by atoms with E-state index >= 15 is 0 Å². The van der Waals surface area contributed by atoms with Gasteiger partial charge in [0.25, 0.3) is 5.91 Å². The Labute approximate surface area is 130 Å². The summed E-state index contributed by atoms with van der Waals surface area (Å²) in [5, 5.41) is 8.13. The highest BCUT2D eigenvalue weighted by atomic mass is 16.2. The lowest BCUT2D eigenvalue weighted by atomic mass is 10.1. The SMILES string of the molecule is CC(=O)Nc1cc(NC(C)=O)cc(C(=O)N[C@H](C)C(C)C)c1. The van der Waals surface area contributed by atoms with Crippen LogP contribution < -0.4 is 16.0 Å². The van der Waals surface area contributed by atoms with E-state index in [-0.39, 0.29) is 23.8 Å². The zero-order chi connectivity index (χ0) is 16.9. The van der Waals surface area contributed by atoms with Crippen LogP contribution in [0.4, 0.5) is 11.4 Å². The molecule has 0 saturated heterocycles. The molecule has 3 N–H and O–H groups in total. The molecule has 1 atom stereocenters. The summed E-state index contributed by atoms with van der Waals surface area (Å²) in [5.74, 6) is -0.443. The molecule has 0 bridgehead atoms. The maximum Gasteiger partial charge on any atom is 0.251 e. The Bertz CT molecular complexity index is 548. The molecule has 1 rings (SSSR count). The second kappa shape index (κ2) is 7.59. The molecule has 120 valence electrons. The molecule has 3 amide bonds. The molecule has 0 aliphatic carbocycles. The van der Waals surface area contributed by atoms with E-state index < -0.39 is 0 Å². The predicted octanol–water partition coefficient (Wildman–Crippen LogP) is 2.38. The van der Waals surface area contributed by atoms with Crippen molar-refractivity contribution in [2.24, 2.45) is 5.92 Å². The summed E-state index contributed by atoms with van der Waals surface area (Å²) >= 11 is 0.